The lowest BCUT2D eigenvalue weighted by molar-refractivity contribution is -0.0498. The van der Waals surface area contributed by atoms with Crippen LogP contribution in [0.3, 0.4) is 0 Å². The zero-order chi connectivity index (χ0) is 26.9. The first-order valence-electron chi connectivity index (χ1n) is 10.9. The van der Waals surface area contributed by atoms with Crippen LogP contribution in [0, 0.1) is 26.6 Å². The molecule has 11 heteroatoms. The number of carbonyl (C=O) groups is 2. The first-order chi connectivity index (χ1) is 17.6. The fourth-order valence-corrected chi connectivity index (χ4v) is 4.26. The quantitative estimate of drug-likeness (QED) is 0.190. The third-order valence-electron chi connectivity index (χ3n) is 5.65. The molecule has 192 valence electrons. The van der Waals surface area contributed by atoms with E-state index < -0.39 is 30.8 Å². The van der Waals surface area contributed by atoms with Crippen LogP contribution in [0.25, 0.3) is 16.9 Å². The minimum atomic E-state index is -2.94. The number of Topliss-reactive ketones (excluding diaryl/α,β-unsaturated/α-hetero) is 1. The Bertz CT molecular complexity index is 1460. The average Bonchev–Trinajstić information content (AvgIpc) is 3.36. The number of alkyl halides is 2. The van der Waals surface area contributed by atoms with E-state index in [1.54, 1.807) is 36.6 Å². The first kappa shape index (κ1) is 26.0. The Labute approximate surface area is 214 Å². The van der Waals surface area contributed by atoms with Crippen LogP contribution in [-0.4, -0.2) is 34.7 Å². The monoisotopic (exact) mass is 532 g/mol. The maximum atomic E-state index is 14.4. The molecule has 0 bridgehead atoms. The Morgan fingerprint density at radius 1 is 1.11 bits per heavy atom. The van der Waals surface area contributed by atoms with Crippen LogP contribution in [-0.2, 0) is 4.74 Å². The average molecular weight is 533 g/mol. The molecular weight excluding hydrogens is 513 g/mol. The summed E-state index contributed by atoms with van der Waals surface area (Å²) in [6.45, 7) is 1.39. The number of ketones is 1. The molecule has 0 saturated heterocycles. The number of carbonyl (C=O) groups excluding carboxylic acids is 2. The minimum absolute atomic E-state index is 0.00416. The van der Waals surface area contributed by atoms with Crippen LogP contribution in [0.2, 0.25) is 5.02 Å². The first-order valence-corrected chi connectivity index (χ1v) is 11.3. The van der Waals surface area contributed by atoms with Gasteiger partial charge in [-0.05, 0) is 63.2 Å². The highest BCUT2D eigenvalue weighted by atomic mass is 35.5. The van der Waals surface area contributed by atoms with Gasteiger partial charge in [0, 0.05) is 22.6 Å². The number of esters is 1. The highest BCUT2D eigenvalue weighted by Crippen LogP contribution is 2.34. The van der Waals surface area contributed by atoms with Gasteiger partial charge in [0.1, 0.15) is 28.6 Å². The summed E-state index contributed by atoms with van der Waals surface area (Å²) in [6, 6.07) is 11.6. The number of ether oxygens (including phenoxy) is 2. The number of benzene rings is 2. The number of hydrogen-bond acceptors (Lipinski definition) is 6. The molecule has 0 saturated carbocycles. The number of nitrogens with zero attached hydrogens (tertiary/aromatic N) is 2. The number of hydrogen-bond donors (Lipinski definition) is 0. The molecule has 37 heavy (non-hydrogen) atoms. The van der Waals surface area contributed by atoms with Crippen molar-refractivity contribution in [3.05, 3.63) is 87.6 Å². The van der Waals surface area contributed by atoms with E-state index in [0.29, 0.717) is 22.6 Å². The topological polar surface area (TPSA) is 83.6 Å². The predicted molar refractivity (Wildman–Crippen MR) is 128 cm³/mol. The van der Waals surface area contributed by atoms with Crippen molar-refractivity contribution in [2.24, 2.45) is 0 Å². The number of aryl methyl sites for hydroxylation is 2. The van der Waals surface area contributed by atoms with Gasteiger partial charge in [-0.15, -0.1) is 0 Å². The second-order valence-corrected chi connectivity index (χ2v) is 8.46. The molecule has 0 N–H and O–H groups in total. The molecule has 7 nitrogen and oxygen atoms in total. The largest absolute Gasteiger partial charge is 0.454 e. The van der Waals surface area contributed by atoms with Crippen LogP contribution in [0.15, 0.2) is 53.1 Å². The zero-order valence-electron chi connectivity index (χ0n) is 19.9. The number of halogens is 4. The molecule has 0 fully saturated rings. The summed E-state index contributed by atoms with van der Waals surface area (Å²) in [5.74, 6) is -2.03. The van der Waals surface area contributed by atoms with Crippen molar-refractivity contribution < 1.29 is 36.8 Å². The molecule has 0 atom stereocenters. The van der Waals surface area contributed by atoms with Crippen molar-refractivity contribution in [1.82, 2.24) is 9.72 Å². The Kier molecular flexibility index (Phi) is 7.40. The van der Waals surface area contributed by atoms with Crippen molar-refractivity contribution in [3.63, 3.8) is 0 Å². The van der Waals surface area contributed by atoms with Gasteiger partial charge < -0.3 is 18.6 Å². The molecule has 2 aromatic heterocycles. The van der Waals surface area contributed by atoms with Crippen molar-refractivity contribution in [3.8, 4) is 22.7 Å². The van der Waals surface area contributed by atoms with Crippen LogP contribution in [0.5, 0.6) is 5.75 Å². The third-order valence-corrected chi connectivity index (χ3v) is 5.97. The molecule has 2 heterocycles. The summed E-state index contributed by atoms with van der Waals surface area (Å²) in [7, 11) is 0. The molecule has 0 amide bonds. The Balaban J connectivity index is 1.53. The Morgan fingerprint density at radius 3 is 2.46 bits per heavy atom. The maximum absolute atomic E-state index is 14.4. The van der Waals surface area contributed by atoms with E-state index in [2.05, 4.69) is 9.89 Å². The highest BCUT2D eigenvalue weighted by molar-refractivity contribution is 6.33. The summed E-state index contributed by atoms with van der Waals surface area (Å²) in [5.41, 5.74) is 1.79. The van der Waals surface area contributed by atoms with Crippen LogP contribution < -0.4 is 4.74 Å². The molecule has 0 spiro atoms. The van der Waals surface area contributed by atoms with E-state index in [1.165, 1.54) is 37.3 Å². The van der Waals surface area contributed by atoms with Crippen LogP contribution >= 0.6 is 11.6 Å². The second-order valence-electron chi connectivity index (χ2n) is 8.05. The summed E-state index contributed by atoms with van der Waals surface area (Å²) >= 11 is 6.10. The summed E-state index contributed by atoms with van der Waals surface area (Å²) < 4.78 is 55.7. The second kappa shape index (κ2) is 10.5. The molecular formula is C26H20ClF3N2O5. The van der Waals surface area contributed by atoms with Gasteiger partial charge in [-0.1, -0.05) is 22.8 Å². The zero-order valence-corrected chi connectivity index (χ0v) is 20.6. The molecule has 2 aromatic carbocycles. The lowest BCUT2D eigenvalue weighted by Crippen LogP contribution is -2.16. The number of rotatable bonds is 8. The van der Waals surface area contributed by atoms with Crippen LogP contribution in [0.1, 0.15) is 37.9 Å². The summed E-state index contributed by atoms with van der Waals surface area (Å²) in [6.07, 6.45) is 0. The molecule has 0 aliphatic carbocycles. The summed E-state index contributed by atoms with van der Waals surface area (Å²) in [4.78, 5) is 25.8. The fourth-order valence-electron chi connectivity index (χ4n) is 4.01. The summed E-state index contributed by atoms with van der Waals surface area (Å²) in [5, 5.41) is 3.79. The lowest BCUT2D eigenvalue weighted by atomic mass is 10.1. The molecule has 4 aromatic rings. The van der Waals surface area contributed by atoms with E-state index in [-0.39, 0.29) is 33.4 Å². The lowest BCUT2D eigenvalue weighted by Gasteiger charge is -2.11. The predicted octanol–water partition coefficient (Wildman–Crippen LogP) is 6.49. The molecule has 0 aliphatic heterocycles. The molecule has 0 radical (unpaired) electrons. The maximum Gasteiger partial charge on any atom is 0.387 e. The SMILES string of the molecule is Cc1onc(-c2c(F)cccc2Cl)c1C(=O)OCC(=O)c1cc(C)n(-c2ccc(OC(F)F)cc2)c1C. The van der Waals surface area contributed by atoms with E-state index in [9.17, 15) is 22.8 Å². The van der Waals surface area contributed by atoms with Crippen molar-refractivity contribution >= 4 is 23.4 Å². The normalized spacial score (nSPS) is 11.1. The molecule has 4 rings (SSSR count). The van der Waals surface area contributed by atoms with E-state index >= 15 is 0 Å². The fraction of sp³-hybridized carbons (Fsp3) is 0.192. The Morgan fingerprint density at radius 2 is 1.81 bits per heavy atom. The molecule has 0 unspecified atom stereocenters. The van der Waals surface area contributed by atoms with Gasteiger partial charge in [-0.3, -0.25) is 4.79 Å². The van der Waals surface area contributed by atoms with Gasteiger partial charge in [-0.2, -0.15) is 8.78 Å². The smallest absolute Gasteiger partial charge is 0.387 e. The standard InChI is InChI=1S/C26H20ClF3N2O5/c1-13-11-18(14(2)32(13)16-7-9-17(10-8-16)36-26(29)30)21(33)12-35-25(34)22-15(3)37-31-24(22)23-19(27)5-4-6-20(23)28/h4-11,26H,12H2,1-3H3. The third kappa shape index (κ3) is 5.24. The molecule has 0 aliphatic rings. The van der Waals surface area contributed by atoms with Gasteiger partial charge in [-0.25, -0.2) is 9.18 Å². The van der Waals surface area contributed by atoms with Gasteiger partial charge in [0.15, 0.2) is 6.61 Å². The highest BCUT2D eigenvalue weighted by Gasteiger charge is 2.27. The van der Waals surface area contributed by atoms with Gasteiger partial charge >= 0.3 is 12.6 Å². The van der Waals surface area contributed by atoms with Crippen molar-refractivity contribution in [1.29, 1.82) is 0 Å². The van der Waals surface area contributed by atoms with E-state index in [0.717, 1.165) is 0 Å². The minimum Gasteiger partial charge on any atom is -0.454 e. The van der Waals surface area contributed by atoms with E-state index in [1.807, 2.05) is 0 Å². The van der Waals surface area contributed by atoms with Gasteiger partial charge in [0.2, 0.25) is 5.78 Å². The number of aromatic nitrogens is 2. The van der Waals surface area contributed by atoms with Crippen LogP contribution in [0.4, 0.5) is 13.2 Å². The van der Waals surface area contributed by atoms with E-state index in [4.69, 9.17) is 20.9 Å². The Hall–Kier alpha value is -4.05. The van der Waals surface area contributed by atoms with Gasteiger partial charge in [0.05, 0.1) is 10.6 Å². The van der Waals surface area contributed by atoms with Crippen molar-refractivity contribution in [2.75, 3.05) is 6.61 Å². The van der Waals surface area contributed by atoms with Gasteiger partial charge in [0.25, 0.3) is 0 Å². The van der Waals surface area contributed by atoms with Crippen molar-refractivity contribution in [2.45, 2.75) is 27.4 Å².